The van der Waals surface area contributed by atoms with Gasteiger partial charge in [0.1, 0.15) is 23.9 Å². The summed E-state index contributed by atoms with van der Waals surface area (Å²) in [5, 5.41) is 7.70. The van der Waals surface area contributed by atoms with E-state index in [1.807, 2.05) is 41.1 Å². The molecule has 126 valence electrons. The molecule has 0 unspecified atom stereocenters. The van der Waals surface area contributed by atoms with Crippen LogP contribution in [-0.2, 0) is 0 Å². The molecule has 4 rings (SSSR count). The molecule has 0 aliphatic carbocycles. The standard InChI is InChI=1S/C19H18N4O2/c1-24-14-8-9-18(25-2)15(10-14)16-11-17(13-6-4-3-5-7-13)23-19(22-16)20-12-21-23/h3-12,17H,1-2H3,(H,20,21,22)/t17-/m1/s1. The second-order valence-corrected chi connectivity index (χ2v) is 5.66. The number of fused-ring (bicyclic) bond motifs is 1. The summed E-state index contributed by atoms with van der Waals surface area (Å²) in [6.45, 7) is 0. The Labute approximate surface area is 145 Å². The molecule has 0 amide bonds. The van der Waals surface area contributed by atoms with Gasteiger partial charge < -0.3 is 14.8 Å². The Morgan fingerprint density at radius 2 is 1.88 bits per heavy atom. The number of allylic oxidation sites excluding steroid dienone is 1. The normalized spacial score (nSPS) is 15.8. The topological polar surface area (TPSA) is 61.2 Å². The first kappa shape index (κ1) is 15.3. The molecule has 1 aliphatic rings. The van der Waals surface area contributed by atoms with Gasteiger partial charge in [-0.2, -0.15) is 10.1 Å². The zero-order valence-corrected chi connectivity index (χ0v) is 14.0. The lowest BCUT2D eigenvalue weighted by Gasteiger charge is -2.25. The highest BCUT2D eigenvalue weighted by Crippen LogP contribution is 2.36. The first-order chi connectivity index (χ1) is 12.3. The van der Waals surface area contributed by atoms with Gasteiger partial charge in [-0.25, -0.2) is 4.68 Å². The molecule has 1 aromatic heterocycles. The lowest BCUT2D eigenvalue weighted by atomic mass is 10.0. The fourth-order valence-electron chi connectivity index (χ4n) is 3.00. The van der Waals surface area contributed by atoms with E-state index in [1.165, 1.54) is 0 Å². The van der Waals surface area contributed by atoms with Crippen molar-refractivity contribution in [2.45, 2.75) is 6.04 Å². The van der Waals surface area contributed by atoms with Crippen LogP contribution in [0.15, 0.2) is 60.9 Å². The average molecular weight is 334 g/mol. The van der Waals surface area contributed by atoms with E-state index in [0.717, 1.165) is 28.3 Å². The third-order valence-corrected chi connectivity index (χ3v) is 4.25. The van der Waals surface area contributed by atoms with E-state index in [0.29, 0.717) is 5.95 Å². The van der Waals surface area contributed by atoms with Crippen molar-refractivity contribution in [3.63, 3.8) is 0 Å². The number of rotatable bonds is 4. The van der Waals surface area contributed by atoms with Gasteiger partial charge in [0.15, 0.2) is 0 Å². The fraction of sp³-hybridized carbons (Fsp3) is 0.158. The molecule has 1 N–H and O–H groups in total. The summed E-state index contributed by atoms with van der Waals surface area (Å²) in [4.78, 5) is 4.33. The van der Waals surface area contributed by atoms with E-state index in [4.69, 9.17) is 9.47 Å². The summed E-state index contributed by atoms with van der Waals surface area (Å²) in [7, 11) is 3.31. The van der Waals surface area contributed by atoms with E-state index in [2.05, 4.69) is 33.6 Å². The Kier molecular flexibility index (Phi) is 3.85. The summed E-state index contributed by atoms with van der Waals surface area (Å²) < 4.78 is 12.8. The van der Waals surface area contributed by atoms with Crippen LogP contribution in [0.2, 0.25) is 0 Å². The van der Waals surface area contributed by atoms with Crippen LogP contribution < -0.4 is 14.8 Å². The molecule has 25 heavy (non-hydrogen) atoms. The van der Waals surface area contributed by atoms with Crippen molar-refractivity contribution in [1.82, 2.24) is 14.8 Å². The number of benzene rings is 2. The van der Waals surface area contributed by atoms with E-state index in [9.17, 15) is 0 Å². The van der Waals surface area contributed by atoms with Crippen molar-refractivity contribution in [2.75, 3.05) is 19.5 Å². The van der Waals surface area contributed by atoms with Crippen LogP contribution in [0.3, 0.4) is 0 Å². The number of hydrogen-bond acceptors (Lipinski definition) is 5. The van der Waals surface area contributed by atoms with Gasteiger partial charge in [-0.1, -0.05) is 30.3 Å². The maximum atomic E-state index is 5.53. The quantitative estimate of drug-likeness (QED) is 0.793. The monoisotopic (exact) mass is 334 g/mol. The smallest absolute Gasteiger partial charge is 0.226 e. The van der Waals surface area contributed by atoms with Crippen molar-refractivity contribution >= 4 is 11.6 Å². The van der Waals surface area contributed by atoms with Crippen LogP contribution in [0, 0.1) is 0 Å². The minimum absolute atomic E-state index is 0.0501. The summed E-state index contributed by atoms with van der Waals surface area (Å²) in [6, 6.07) is 15.9. The Bertz CT molecular complexity index is 918. The Morgan fingerprint density at radius 1 is 1.04 bits per heavy atom. The Balaban J connectivity index is 1.84. The lowest BCUT2D eigenvalue weighted by Crippen LogP contribution is -2.20. The van der Waals surface area contributed by atoms with Crippen LogP contribution in [-0.4, -0.2) is 29.0 Å². The second kappa shape index (κ2) is 6.32. The van der Waals surface area contributed by atoms with E-state index < -0.39 is 0 Å². The number of ether oxygens (including phenoxy) is 2. The molecule has 1 atom stereocenters. The van der Waals surface area contributed by atoms with Gasteiger partial charge in [0.2, 0.25) is 5.95 Å². The SMILES string of the molecule is COc1ccc(OC)c(C2=C[C@H](c3ccccc3)n3ncnc3N2)c1. The van der Waals surface area contributed by atoms with Gasteiger partial charge in [-0.05, 0) is 29.8 Å². The van der Waals surface area contributed by atoms with Crippen LogP contribution >= 0.6 is 0 Å². The molecule has 1 aliphatic heterocycles. The van der Waals surface area contributed by atoms with Gasteiger partial charge in [0.05, 0.1) is 19.9 Å². The molecule has 0 spiro atoms. The number of anilines is 1. The van der Waals surface area contributed by atoms with Gasteiger partial charge in [0.25, 0.3) is 0 Å². The molecule has 6 nitrogen and oxygen atoms in total. The highest BCUT2D eigenvalue weighted by Gasteiger charge is 2.24. The zero-order valence-electron chi connectivity index (χ0n) is 14.0. The lowest BCUT2D eigenvalue weighted by molar-refractivity contribution is 0.402. The molecule has 2 aromatic carbocycles. The van der Waals surface area contributed by atoms with E-state index in [1.54, 1.807) is 20.5 Å². The molecule has 2 heterocycles. The molecular weight excluding hydrogens is 316 g/mol. The number of methoxy groups -OCH3 is 2. The third kappa shape index (κ3) is 2.71. The van der Waals surface area contributed by atoms with Crippen LogP contribution in [0.4, 0.5) is 5.95 Å². The predicted molar refractivity (Wildman–Crippen MR) is 95.7 cm³/mol. The first-order valence-corrected chi connectivity index (χ1v) is 7.96. The van der Waals surface area contributed by atoms with Crippen molar-refractivity contribution in [1.29, 1.82) is 0 Å². The highest BCUT2D eigenvalue weighted by molar-refractivity contribution is 5.80. The number of aromatic nitrogens is 3. The maximum Gasteiger partial charge on any atom is 0.226 e. The van der Waals surface area contributed by atoms with Crippen molar-refractivity contribution in [3.05, 3.63) is 72.1 Å². The average Bonchev–Trinajstić information content (AvgIpc) is 3.16. The van der Waals surface area contributed by atoms with Crippen molar-refractivity contribution in [2.24, 2.45) is 0 Å². The second-order valence-electron chi connectivity index (χ2n) is 5.66. The summed E-state index contributed by atoms with van der Waals surface area (Å²) in [5.41, 5.74) is 2.96. The number of nitrogens with zero attached hydrogens (tertiary/aromatic N) is 3. The molecule has 0 saturated carbocycles. The molecule has 3 aromatic rings. The predicted octanol–water partition coefficient (Wildman–Crippen LogP) is 3.35. The van der Waals surface area contributed by atoms with Crippen molar-refractivity contribution < 1.29 is 9.47 Å². The largest absolute Gasteiger partial charge is 0.497 e. The summed E-state index contributed by atoms with van der Waals surface area (Å²) in [6.07, 6.45) is 3.67. The minimum Gasteiger partial charge on any atom is -0.497 e. The highest BCUT2D eigenvalue weighted by atomic mass is 16.5. The van der Waals surface area contributed by atoms with Crippen molar-refractivity contribution in [3.8, 4) is 11.5 Å². The van der Waals surface area contributed by atoms with Gasteiger partial charge >= 0.3 is 0 Å². The van der Waals surface area contributed by atoms with Gasteiger partial charge in [-0.3, -0.25) is 0 Å². The first-order valence-electron chi connectivity index (χ1n) is 7.96. The third-order valence-electron chi connectivity index (χ3n) is 4.25. The molecule has 6 heteroatoms. The Hall–Kier alpha value is -3.28. The summed E-state index contributed by atoms with van der Waals surface area (Å²) >= 11 is 0. The molecular formula is C19H18N4O2. The maximum absolute atomic E-state index is 5.53. The van der Waals surface area contributed by atoms with Gasteiger partial charge in [0, 0.05) is 5.56 Å². The fourth-order valence-corrected chi connectivity index (χ4v) is 3.00. The summed E-state index contributed by atoms with van der Waals surface area (Å²) in [5.74, 6) is 2.22. The number of nitrogens with one attached hydrogen (secondary N) is 1. The zero-order chi connectivity index (χ0) is 17.2. The molecule has 0 radical (unpaired) electrons. The van der Waals surface area contributed by atoms with Crippen LogP contribution in [0.25, 0.3) is 5.70 Å². The van der Waals surface area contributed by atoms with Gasteiger partial charge in [-0.15, -0.1) is 0 Å². The van der Waals surface area contributed by atoms with Crippen LogP contribution in [0.5, 0.6) is 11.5 Å². The van der Waals surface area contributed by atoms with Crippen LogP contribution in [0.1, 0.15) is 17.2 Å². The van der Waals surface area contributed by atoms with E-state index in [-0.39, 0.29) is 6.04 Å². The number of hydrogen-bond donors (Lipinski definition) is 1. The molecule has 0 fully saturated rings. The van der Waals surface area contributed by atoms with E-state index >= 15 is 0 Å². The minimum atomic E-state index is -0.0501. The Morgan fingerprint density at radius 3 is 2.64 bits per heavy atom. The molecule has 0 bridgehead atoms. The molecule has 0 saturated heterocycles.